The maximum Gasteiger partial charge on any atom is 0.341 e. The Hall–Kier alpha value is -1.40. The second-order valence-corrected chi connectivity index (χ2v) is 5.46. The first-order valence-corrected chi connectivity index (χ1v) is 6.68. The van der Waals surface area contributed by atoms with E-state index in [1.54, 1.807) is 0 Å². The van der Waals surface area contributed by atoms with Crippen LogP contribution in [0.3, 0.4) is 0 Å². The first kappa shape index (κ1) is 13.0. The summed E-state index contributed by atoms with van der Waals surface area (Å²) in [6.07, 6.45) is 0. The third-order valence-electron chi connectivity index (χ3n) is 2.18. The number of benzene rings is 1. The van der Waals surface area contributed by atoms with Gasteiger partial charge in [0.1, 0.15) is 12.4 Å². The second kappa shape index (κ2) is 5.49. The van der Waals surface area contributed by atoms with Crippen molar-refractivity contribution in [1.82, 2.24) is 0 Å². The van der Waals surface area contributed by atoms with Crippen LogP contribution in [0.5, 0.6) is 0 Å². The fourth-order valence-electron chi connectivity index (χ4n) is 1.34. The molecule has 3 nitrogen and oxygen atoms in total. The highest BCUT2D eigenvalue weighted by molar-refractivity contribution is 9.10. The summed E-state index contributed by atoms with van der Waals surface area (Å²) in [6.45, 7) is 0.124. The summed E-state index contributed by atoms with van der Waals surface area (Å²) in [4.78, 5) is 12.5. The summed E-state index contributed by atoms with van der Waals surface area (Å²) >= 11 is 4.76. The molecule has 0 amide bonds. The number of rotatable bonds is 3. The quantitative estimate of drug-likeness (QED) is 0.691. The third kappa shape index (κ3) is 3.08. The zero-order valence-corrected chi connectivity index (χ0v) is 11.6. The molecule has 1 heterocycles. The monoisotopic (exact) mass is 329 g/mol. The number of hydrogen-bond acceptors (Lipinski definition) is 4. The highest BCUT2D eigenvalue weighted by Gasteiger charge is 2.13. The van der Waals surface area contributed by atoms with Crippen LogP contribution in [0.25, 0.3) is 0 Å². The van der Waals surface area contributed by atoms with Crippen LogP contribution in [0.4, 0.5) is 10.1 Å². The van der Waals surface area contributed by atoms with Gasteiger partial charge >= 0.3 is 5.97 Å². The number of esters is 1. The average molecular weight is 330 g/mol. The van der Waals surface area contributed by atoms with Gasteiger partial charge in [0.15, 0.2) is 0 Å². The lowest BCUT2D eigenvalue weighted by Crippen LogP contribution is -2.07. The van der Waals surface area contributed by atoms with Crippen LogP contribution in [0, 0.1) is 5.82 Å². The smallest absolute Gasteiger partial charge is 0.341 e. The molecule has 2 aromatic rings. The molecule has 0 radical (unpaired) electrons. The molecule has 0 saturated carbocycles. The Balaban J connectivity index is 2.03. The lowest BCUT2D eigenvalue weighted by Gasteiger charge is -2.04. The topological polar surface area (TPSA) is 52.3 Å². The van der Waals surface area contributed by atoms with Crippen molar-refractivity contribution in [3.8, 4) is 0 Å². The minimum Gasteiger partial charge on any atom is -0.456 e. The van der Waals surface area contributed by atoms with E-state index in [0.29, 0.717) is 0 Å². The molecule has 18 heavy (non-hydrogen) atoms. The van der Waals surface area contributed by atoms with Crippen molar-refractivity contribution >= 4 is 38.9 Å². The van der Waals surface area contributed by atoms with E-state index in [-0.39, 0.29) is 17.9 Å². The summed E-state index contributed by atoms with van der Waals surface area (Å²) in [6, 6.07) is 5.72. The number of anilines is 1. The van der Waals surface area contributed by atoms with E-state index in [4.69, 9.17) is 10.5 Å². The number of halogens is 2. The molecule has 0 aliphatic heterocycles. The zero-order valence-electron chi connectivity index (χ0n) is 9.15. The number of nitrogen functional groups attached to an aromatic ring is 1. The van der Waals surface area contributed by atoms with E-state index in [1.165, 1.54) is 23.5 Å². The molecular formula is C12H9BrFNO2S. The lowest BCUT2D eigenvalue weighted by molar-refractivity contribution is 0.0471. The van der Waals surface area contributed by atoms with E-state index in [0.717, 1.165) is 15.4 Å². The van der Waals surface area contributed by atoms with Crippen molar-refractivity contribution in [2.45, 2.75) is 6.61 Å². The van der Waals surface area contributed by atoms with Gasteiger partial charge < -0.3 is 10.5 Å². The normalized spacial score (nSPS) is 10.3. The van der Waals surface area contributed by atoms with E-state index in [1.807, 2.05) is 11.4 Å². The van der Waals surface area contributed by atoms with Crippen molar-refractivity contribution in [2.75, 3.05) is 5.73 Å². The second-order valence-electron chi connectivity index (χ2n) is 3.55. The van der Waals surface area contributed by atoms with Crippen molar-refractivity contribution < 1.29 is 13.9 Å². The standard InChI is InChI=1S/C12H9BrFNO2S/c13-7-3-9(18-6-7)5-17-12(16)10-2-1-8(15)4-11(10)14/h1-4,6H,5,15H2. The summed E-state index contributed by atoms with van der Waals surface area (Å²) in [5, 5.41) is 1.88. The highest BCUT2D eigenvalue weighted by Crippen LogP contribution is 2.21. The van der Waals surface area contributed by atoms with Gasteiger partial charge in [-0.25, -0.2) is 9.18 Å². The van der Waals surface area contributed by atoms with Gasteiger partial charge in [-0.2, -0.15) is 0 Å². The molecule has 0 spiro atoms. The minimum absolute atomic E-state index is 0.111. The molecule has 94 valence electrons. The van der Waals surface area contributed by atoms with Crippen LogP contribution in [0.1, 0.15) is 15.2 Å². The number of ether oxygens (including phenoxy) is 1. The van der Waals surface area contributed by atoms with Crippen molar-refractivity contribution in [1.29, 1.82) is 0 Å². The van der Waals surface area contributed by atoms with Crippen LogP contribution in [-0.2, 0) is 11.3 Å². The Bertz CT molecular complexity index is 585. The van der Waals surface area contributed by atoms with E-state index < -0.39 is 11.8 Å². The summed E-state index contributed by atoms with van der Waals surface area (Å²) in [7, 11) is 0. The SMILES string of the molecule is Nc1ccc(C(=O)OCc2cc(Br)cs2)c(F)c1. The van der Waals surface area contributed by atoms with Gasteiger partial charge in [-0.15, -0.1) is 11.3 Å². The molecule has 0 aliphatic rings. The van der Waals surface area contributed by atoms with Gasteiger partial charge in [-0.05, 0) is 40.2 Å². The molecule has 2 rings (SSSR count). The number of carbonyl (C=O) groups excluding carboxylic acids is 1. The van der Waals surface area contributed by atoms with Gasteiger partial charge in [-0.1, -0.05) is 0 Å². The molecule has 0 atom stereocenters. The molecule has 1 aromatic heterocycles. The third-order valence-corrected chi connectivity index (χ3v) is 3.85. The Morgan fingerprint density at radius 3 is 2.83 bits per heavy atom. The van der Waals surface area contributed by atoms with Crippen LogP contribution >= 0.6 is 27.3 Å². The van der Waals surface area contributed by atoms with E-state index >= 15 is 0 Å². The molecule has 0 bridgehead atoms. The molecule has 0 saturated heterocycles. The Kier molecular flexibility index (Phi) is 3.98. The predicted octanol–water partition coefficient (Wildman–Crippen LogP) is 3.59. The predicted molar refractivity (Wildman–Crippen MR) is 72.0 cm³/mol. The fraction of sp³-hybridized carbons (Fsp3) is 0.0833. The molecule has 0 fully saturated rings. The lowest BCUT2D eigenvalue weighted by atomic mass is 10.2. The largest absolute Gasteiger partial charge is 0.456 e. The molecular weight excluding hydrogens is 321 g/mol. The number of thiophene rings is 1. The first-order valence-electron chi connectivity index (χ1n) is 5.01. The number of nitrogens with two attached hydrogens (primary N) is 1. The molecule has 1 aromatic carbocycles. The molecule has 6 heteroatoms. The van der Waals surface area contributed by atoms with Crippen LogP contribution in [0.15, 0.2) is 34.1 Å². The maximum atomic E-state index is 13.4. The summed E-state index contributed by atoms with van der Waals surface area (Å²) < 4.78 is 19.4. The van der Waals surface area contributed by atoms with Gasteiger partial charge in [-0.3, -0.25) is 0 Å². The Labute approximate surface area is 116 Å². The zero-order chi connectivity index (χ0) is 13.1. The Morgan fingerprint density at radius 1 is 1.44 bits per heavy atom. The highest BCUT2D eigenvalue weighted by atomic mass is 79.9. The first-order chi connectivity index (χ1) is 8.56. The van der Waals surface area contributed by atoms with Crippen molar-refractivity contribution in [3.05, 3.63) is 50.4 Å². The van der Waals surface area contributed by atoms with Gasteiger partial charge in [0.05, 0.1) is 5.56 Å². The fourth-order valence-corrected chi connectivity index (χ4v) is 2.70. The van der Waals surface area contributed by atoms with Gasteiger partial charge in [0.25, 0.3) is 0 Å². The summed E-state index contributed by atoms with van der Waals surface area (Å²) in [5.74, 6) is -1.37. The van der Waals surface area contributed by atoms with E-state index in [2.05, 4.69) is 15.9 Å². The maximum absolute atomic E-state index is 13.4. The van der Waals surface area contributed by atoms with Crippen LogP contribution < -0.4 is 5.73 Å². The number of carbonyl (C=O) groups is 1. The average Bonchev–Trinajstić information content (AvgIpc) is 2.72. The van der Waals surface area contributed by atoms with E-state index in [9.17, 15) is 9.18 Å². The molecule has 0 unspecified atom stereocenters. The minimum atomic E-state index is -0.697. The van der Waals surface area contributed by atoms with Crippen molar-refractivity contribution in [3.63, 3.8) is 0 Å². The van der Waals surface area contributed by atoms with Gasteiger partial charge in [0.2, 0.25) is 0 Å². The summed E-state index contributed by atoms with van der Waals surface area (Å²) in [5.41, 5.74) is 5.56. The van der Waals surface area contributed by atoms with Crippen LogP contribution in [0.2, 0.25) is 0 Å². The molecule has 0 aliphatic carbocycles. The van der Waals surface area contributed by atoms with Crippen LogP contribution in [-0.4, -0.2) is 5.97 Å². The van der Waals surface area contributed by atoms with Gasteiger partial charge in [0, 0.05) is 20.4 Å². The molecule has 2 N–H and O–H groups in total. The number of hydrogen-bond donors (Lipinski definition) is 1. The Morgan fingerprint density at radius 2 is 2.22 bits per heavy atom. The van der Waals surface area contributed by atoms with Crippen molar-refractivity contribution in [2.24, 2.45) is 0 Å².